The minimum Gasteiger partial charge on any atom is -0.382 e. The van der Waals surface area contributed by atoms with Crippen molar-refractivity contribution in [3.63, 3.8) is 0 Å². The average molecular weight is 292 g/mol. The Kier molecular flexibility index (Phi) is 4.74. The molecule has 0 radical (unpaired) electrons. The van der Waals surface area contributed by atoms with E-state index in [0.717, 1.165) is 19.5 Å². The Bertz CT molecular complexity index is 547. The van der Waals surface area contributed by atoms with Gasteiger partial charge >= 0.3 is 0 Å². The van der Waals surface area contributed by atoms with Crippen LogP contribution in [0.5, 0.6) is 0 Å². The van der Waals surface area contributed by atoms with Crippen LogP contribution < -0.4 is 5.32 Å². The molecule has 7 heteroatoms. The molecule has 2 rings (SSSR count). The lowest BCUT2D eigenvalue weighted by Gasteiger charge is -2.21. The van der Waals surface area contributed by atoms with Crippen LogP contribution in [0, 0.1) is 10.1 Å². The van der Waals surface area contributed by atoms with Crippen molar-refractivity contribution in [1.82, 2.24) is 9.80 Å². The molecule has 1 aliphatic rings. The number of hydrogen-bond acceptors (Lipinski definition) is 5. The summed E-state index contributed by atoms with van der Waals surface area (Å²) in [4.78, 5) is 27.2. The molecule has 1 fully saturated rings. The minimum atomic E-state index is -0.473. The second kappa shape index (κ2) is 6.53. The largest absolute Gasteiger partial charge is 0.382 e. The van der Waals surface area contributed by atoms with Crippen LogP contribution in [0.4, 0.5) is 11.4 Å². The van der Waals surface area contributed by atoms with E-state index in [1.54, 1.807) is 24.1 Å². The highest BCUT2D eigenvalue weighted by atomic mass is 16.6. The fraction of sp³-hybridized carbons (Fsp3) is 0.500. The monoisotopic (exact) mass is 292 g/mol. The Labute approximate surface area is 123 Å². The zero-order valence-electron chi connectivity index (χ0n) is 12.3. The molecule has 0 spiro atoms. The van der Waals surface area contributed by atoms with Crippen LogP contribution in [0.25, 0.3) is 0 Å². The topological polar surface area (TPSA) is 78.7 Å². The van der Waals surface area contributed by atoms with E-state index in [4.69, 9.17) is 0 Å². The molecule has 0 aromatic heterocycles. The van der Waals surface area contributed by atoms with Gasteiger partial charge in [-0.2, -0.15) is 0 Å². The summed E-state index contributed by atoms with van der Waals surface area (Å²) in [6.45, 7) is 3.09. The fourth-order valence-electron chi connectivity index (χ4n) is 2.55. The summed E-state index contributed by atoms with van der Waals surface area (Å²) in [6, 6.07) is 4.59. The van der Waals surface area contributed by atoms with E-state index in [0.29, 0.717) is 18.7 Å². The average Bonchev–Trinajstić information content (AvgIpc) is 2.70. The van der Waals surface area contributed by atoms with E-state index >= 15 is 0 Å². The molecular weight excluding hydrogens is 272 g/mol. The summed E-state index contributed by atoms with van der Waals surface area (Å²) in [5, 5.41) is 13.9. The van der Waals surface area contributed by atoms with Gasteiger partial charge in [-0.1, -0.05) is 6.07 Å². The first kappa shape index (κ1) is 15.2. The smallest absolute Gasteiger partial charge is 0.293 e. The quantitative estimate of drug-likeness (QED) is 0.673. The summed E-state index contributed by atoms with van der Waals surface area (Å²) >= 11 is 0. The number of carbonyl (C=O) groups excluding carboxylic acids is 1. The number of likely N-dealkylation sites (N-methyl/N-ethyl adjacent to an activating group) is 1. The molecule has 0 bridgehead atoms. The number of hydrogen-bond donors (Lipinski definition) is 1. The number of para-hydroxylation sites is 1. The molecule has 1 amide bonds. The van der Waals surface area contributed by atoms with Crippen molar-refractivity contribution in [2.75, 3.05) is 45.6 Å². The molecule has 21 heavy (non-hydrogen) atoms. The molecule has 0 aliphatic carbocycles. The van der Waals surface area contributed by atoms with Gasteiger partial charge in [0, 0.05) is 32.7 Å². The van der Waals surface area contributed by atoms with Crippen molar-refractivity contribution >= 4 is 17.3 Å². The molecular formula is C14H20N4O3. The third kappa shape index (κ3) is 3.30. The van der Waals surface area contributed by atoms with Gasteiger partial charge in [-0.05, 0) is 26.1 Å². The predicted octanol–water partition coefficient (Wildman–Crippen LogP) is 1.41. The number of carbonyl (C=O) groups is 1. The van der Waals surface area contributed by atoms with Crippen LogP contribution in [0.15, 0.2) is 18.2 Å². The van der Waals surface area contributed by atoms with Crippen LogP contribution in [0.3, 0.4) is 0 Å². The number of benzene rings is 1. The standard InChI is InChI=1S/C14H20N4O3/c1-15-13-11(5-3-6-12(13)18(20)21)14(19)17-8-4-7-16(2)9-10-17/h3,5-6,15H,4,7-10H2,1-2H3. The van der Waals surface area contributed by atoms with Gasteiger partial charge < -0.3 is 15.1 Å². The number of amides is 1. The molecule has 1 heterocycles. The maximum atomic E-state index is 12.7. The van der Waals surface area contributed by atoms with Crippen LogP contribution in [0.1, 0.15) is 16.8 Å². The molecule has 0 atom stereocenters. The van der Waals surface area contributed by atoms with Crippen LogP contribution >= 0.6 is 0 Å². The zero-order valence-corrected chi connectivity index (χ0v) is 12.3. The lowest BCUT2D eigenvalue weighted by atomic mass is 10.1. The van der Waals surface area contributed by atoms with Gasteiger partial charge in [-0.3, -0.25) is 14.9 Å². The summed E-state index contributed by atoms with van der Waals surface area (Å²) in [6.07, 6.45) is 0.909. The Morgan fingerprint density at radius 2 is 2.05 bits per heavy atom. The van der Waals surface area contributed by atoms with Crippen molar-refractivity contribution < 1.29 is 9.72 Å². The maximum Gasteiger partial charge on any atom is 0.293 e. The highest BCUT2D eigenvalue weighted by Crippen LogP contribution is 2.28. The van der Waals surface area contributed by atoms with Gasteiger partial charge in [0.2, 0.25) is 0 Å². The summed E-state index contributed by atoms with van der Waals surface area (Å²) < 4.78 is 0. The summed E-state index contributed by atoms with van der Waals surface area (Å²) in [7, 11) is 3.62. The van der Waals surface area contributed by atoms with E-state index in [2.05, 4.69) is 10.2 Å². The first-order valence-electron chi connectivity index (χ1n) is 6.97. The molecule has 0 unspecified atom stereocenters. The van der Waals surface area contributed by atoms with Crippen LogP contribution in [0.2, 0.25) is 0 Å². The summed E-state index contributed by atoms with van der Waals surface area (Å²) in [5.74, 6) is -0.154. The van der Waals surface area contributed by atoms with Gasteiger partial charge in [0.15, 0.2) is 0 Å². The minimum absolute atomic E-state index is 0.0738. The number of nitro benzene ring substituents is 1. The Morgan fingerprint density at radius 1 is 1.29 bits per heavy atom. The highest BCUT2D eigenvalue weighted by Gasteiger charge is 2.25. The number of nitrogens with one attached hydrogen (secondary N) is 1. The second-order valence-electron chi connectivity index (χ2n) is 5.16. The molecule has 1 saturated heterocycles. The fourth-order valence-corrected chi connectivity index (χ4v) is 2.55. The SMILES string of the molecule is CNc1c(C(=O)N2CCCN(C)CC2)cccc1[N+](=O)[O-]. The van der Waals surface area contributed by atoms with Crippen molar-refractivity contribution in [1.29, 1.82) is 0 Å². The Morgan fingerprint density at radius 3 is 2.71 bits per heavy atom. The highest BCUT2D eigenvalue weighted by molar-refractivity contribution is 6.01. The van der Waals surface area contributed by atoms with Gasteiger partial charge in [0.25, 0.3) is 11.6 Å². The van der Waals surface area contributed by atoms with E-state index in [9.17, 15) is 14.9 Å². The first-order chi connectivity index (χ1) is 10.0. The van der Waals surface area contributed by atoms with E-state index in [-0.39, 0.29) is 17.3 Å². The normalized spacial score (nSPS) is 16.4. The van der Waals surface area contributed by atoms with Gasteiger partial charge in [-0.25, -0.2) is 0 Å². The van der Waals surface area contributed by atoms with Crippen molar-refractivity contribution in [2.45, 2.75) is 6.42 Å². The van der Waals surface area contributed by atoms with Gasteiger partial charge in [0.05, 0.1) is 10.5 Å². The van der Waals surface area contributed by atoms with Crippen LogP contribution in [-0.2, 0) is 0 Å². The molecule has 1 N–H and O–H groups in total. The van der Waals surface area contributed by atoms with Crippen LogP contribution in [-0.4, -0.2) is 60.9 Å². The maximum absolute atomic E-state index is 12.7. The lowest BCUT2D eigenvalue weighted by molar-refractivity contribution is -0.384. The first-order valence-corrected chi connectivity index (χ1v) is 6.97. The van der Waals surface area contributed by atoms with Crippen molar-refractivity contribution in [2.24, 2.45) is 0 Å². The van der Waals surface area contributed by atoms with E-state index < -0.39 is 4.92 Å². The van der Waals surface area contributed by atoms with Gasteiger partial charge in [-0.15, -0.1) is 0 Å². The molecule has 1 aromatic rings. The number of nitrogens with zero attached hydrogens (tertiary/aromatic N) is 3. The number of rotatable bonds is 3. The third-order valence-corrected chi connectivity index (χ3v) is 3.73. The lowest BCUT2D eigenvalue weighted by Crippen LogP contribution is -2.34. The molecule has 7 nitrogen and oxygen atoms in total. The Balaban J connectivity index is 2.30. The summed E-state index contributed by atoms with van der Waals surface area (Å²) in [5.41, 5.74) is 0.566. The van der Waals surface area contributed by atoms with Crippen molar-refractivity contribution in [3.8, 4) is 0 Å². The molecule has 1 aliphatic heterocycles. The number of nitro groups is 1. The molecule has 1 aromatic carbocycles. The van der Waals surface area contributed by atoms with E-state index in [1.807, 2.05) is 7.05 Å². The Hall–Kier alpha value is -2.15. The third-order valence-electron chi connectivity index (χ3n) is 3.73. The number of anilines is 1. The zero-order chi connectivity index (χ0) is 15.4. The molecule has 0 saturated carbocycles. The van der Waals surface area contributed by atoms with Crippen molar-refractivity contribution in [3.05, 3.63) is 33.9 Å². The second-order valence-corrected chi connectivity index (χ2v) is 5.16. The van der Waals surface area contributed by atoms with E-state index in [1.165, 1.54) is 6.07 Å². The molecule has 114 valence electrons. The predicted molar refractivity (Wildman–Crippen MR) is 80.7 cm³/mol. The van der Waals surface area contributed by atoms with Gasteiger partial charge in [0.1, 0.15) is 5.69 Å².